The number of esters is 1. The third kappa shape index (κ3) is 6.51. The molecule has 3 rings (SSSR count). The summed E-state index contributed by atoms with van der Waals surface area (Å²) >= 11 is 0. The van der Waals surface area contributed by atoms with Crippen LogP contribution in [0.4, 0.5) is 0 Å². The largest absolute Gasteiger partial charge is 0.493 e. The molecule has 0 bridgehead atoms. The number of amides is 1. The van der Waals surface area contributed by atoms with E-state index in [0.717, 1.165) is 19.6 Å². The predicted octanol–water partition coefficient (Wildman–Crippen LogP) is 3.00. The molecule has 0 N–H and O–H groups in total. The van der Waals surface area contributed by atoms with Gasteiger partial charge < -0.3 is 23.8 Å². The number of rotatable bonds is 9. The summed E-state index contributed by atoms with van der Waals surface area (Å²) in [4.78, 5) is 29.2. The van der Waals surface area contributed by atoms with Crippen molar-refractivity contribution in [3.05, 3.63) is 59.7 Å². The van der Waals surface area contributed by atoms with E-state index in [1.165, 1.54) is 33.0 Å². The second kappa shape index (κ2) is 12.1. The Morgan fingerprint density at radius 1 is 0.941 bits per heavy atom. The van der Waals surface area contributed by atoms with E-state index in [0.29, 0.717) is 35.9 Å². The van der Waals surface area contributed by atoms with Crippen LogP contribution in [0.15, 0.2) is 48.5 Å². The second-order valence-corrected chi connectivity index (χ2v) is 7.96. The van der Waals surface area contributed by atoms with Gasteiger partial charge in [0.1, 0.15) is 0 Å². The van der Waals surface area contributed by atoms with Crippen LogP contribution in [0.1, 0.15) is 18.1 Å². The Morgan fingerprint density at radius 3 is 2.12 bits per heavy atom. The number of methoxy groups -OCH3 is 3. The van der Waals surface area contributed by atoms with Crippen LogP contribution in [0.3, 0.4) is 0 Å². The van der Waals surface area contributed by atoms with Gasteiger partial charge in [0.25, 0.3) is 5.91 Å². The molecule has 1 amide bonds. The van der Waals surface area contributed by atoms with Gasteiger partial charge in [-0.15, -0.1) is 0 Å². The number of piperazine rings is 1. The lowest BCUT2D eigenvalue weighted by molar-refractivity contribution is -0.156. The molecule has 0 aromatic heterocycles. The number of hydrogen-bond donors (Lipinski definition) is 0. The Labute approximate surface area is 200 Å². The Bertz CT molecular complexity index is 975. The normalized spacial score (nSPS) is 15.1. The molecule has 0 spiro atoms. The number of ether oxygens (including phenoxy) is 4. The molecule has 1 heterocycles. The highest BCUT2D eigenvalue weighted by Gasteiger charge is 2.26. The summed E-state index contributed by atoms with van der Waals surface area (Å²) in [6, 6.07) is 13.7. The molecular weight excluding hydrogens is 436 g/mol. The van der Waals surface area contributed by atoms with E-state index in [2.05, 4.69) is 17.0 Å². The predicted molar refractivity (Wildman–Crippen MR) is 129 cm³/mol. The molecule has 1 unspecified atom stereocenters. The lowest BCUT2D eigenvalue weighted by Crippen LogP contribution is -2.51. The average Bonchev–Trinajstić information content (AvgIpc) is 2.87. The minimum absolute atomic E-state index is 0.186. The van der Waals surface area contributed by atoms with Crippen LogP contribution < -0.4 is 14.2 Å². The molecule has 34 heavy (non-hydrogen) atoms. The van der Waals surface area contributed by atoms with Crippen molar-refractivity contribution >= 4 is 18.0 Å². The molecule has 182 valence electrons. The number of carbonyl (C=O) groups excluding carboxylic acids is 2. The monoisotopic (exact) mass is 468 g/mol. The first-order valence-corrected chi connectivity index (χ1v) is 11.2. The third-order valence-electron chi connectivity index (χ3n) is 5.67. The van der Waals surface area contributed by atoms with Crippen molar-refractivity contribution in [2.45, 2.75) is 19.6 Å². The molecule has 1 atom stereocenters. The minimum Gasteiger partial charge on any atom is -0.493 e. The fourth-order valence-corrected chi connectivity index (χ4v) is 3.85. The van der Waals surface area contributed by atoms with Crippen molar-refractivity contribution in [2.24, 2.45) is 0 Å². The summed E-state index contributed by atoms with van der Waals surface area (Å²) in [5.74, 6) is 0.633. The first-order chi connectivity index (χ1) is 16.4. The van der Waals surface area contributed by atoms with E-state index in [1.54, 1.807) is 30.0 Å². The SMILES string of the molecule is COc1cc(/C=C/C(=O)OC(C)C(=O)N2CCN(Cc3ccccc3)CC2)cc(OC)c1OC. The van der Waals surface area contributed by atoms with Crippen LogP contribution in [0.2, 0.25) is 0 Å². The molecule has 8 heteroatoms. The summed E-state index contributed by atoms with van der Waals surface area (Å²) in [6.07, 6.45) is 1.99. The van der Waals surface area contributed by atoms with Gasteiger partial charge in [-0.25, -0.2) is 4.79 Å². The standard InChI is InChI=1S/C26H32N2O6/c1-19(26(30)28-14-12-27(13-15-28)18-20-8-6-5-7-9-20)34-24(29)11-10-21-16-22(31-2)25(33-4)23(17-21)32-3/h5-11,16-17,19H,12-15,18H2,1-4H3/b11-10+. The number of carbonyl (C=O) groups is 2. The van der Waals surface area contributed by atoms with Gasteiger partial charge in [-0.1, -0.05) is 30.3 Å². The van der Waals surface area contributed by atoms with E-state index in [-0.39, 0.29) is 5.91 Å². The van der Waals surface area contributed by atoms with Gasteiger partial charge in [0.05, 0.1) is 21.3 Å². The number of benzene rings is 2. The Kier molecular flexibility index (Phi) is 8.93. The van der Waals surface area contributed by atoms with Crippen LogP contribution in [-0.4, -0.2) is 75.3 Å². The van der Waals surface area contributed by atoms with E-state index < -0.39 is 12.1 Å². The Balaban J connectivity index is 1.51. The van der Waals surface area contributed by atoms with Gasteiger partial charge in [0.15, 0.2) is 17.6 Å². The topological polar surface area (TPSA) is 77.5 Å². The van der Waals surface area contributed by atoms with E-state index in [9.17, 15) is 9.59 Å². The van der Waals surface area contributed by atoms with Crippen molar-refractivity contribution in [1.29, 1.82) is 0 Å². The molecule has 1 saturated heterocycles. The highest BCUT2D eigenvalue weighted by Crippen LogP contribution is 2.38. The molecular formula is C26H32N2O6. The Morgan fingerprint density at radius 2 is 1.56 bits per heavy atom. The smallest absolute Gasteiger partial charge is 0.331 e. The molecule has 0 saturated carbocycles. The van der Waals surface area contributed by atoms with E-state index in [4.69, 9.17) is 18.9 Å². The lowest BCUT2D eigenvalue weighted by atomic mass is 10.1. The number of nitrogens with zero attached hydrogens (tertiary/aromatic N) is 2. The quantitative estimate of drug-likeness (QED) is 0.414. The summed E-state index contributed by atoms with van der Waals surface area (Å²) in [5, 5.41) is 0. The zero-order valence-corrected chi connectivity index (χ0v) is 20.2. The van der Waals surface area contributed by atoms with Crippen molar-refractivity contribution in [3.8, 4) is 17.2 Å². The second-order valence-electron chi connectivity index (χ2n) is 7.96. The van der Waals surface area contributed by atoms with Crippen LogP contribution >= 0.6 is 0 Å². The van der Waals surface area contributed by atoms with Crippen LogP contribution in [0.5, 0.6) is 17.2 Å². The molecule has 2 aromatic rings. The summed E-state index contributed by atoms with van der Waals surface area (Å²) in [6.45, 7) is 5.23. The van der Waals surface area contributed by atoms with Crippen molar-refractivity contribution in [1.82, 2.24) is 9.80 Å². The first kappa shape index (κ1) is 25.1. The van der Waals surface area contributed by atoms with Crippen LogP contribution in [-0.2, 0) is 20.9 Å². The summed E-state index contributed by atoms with van der Waals surface area (Å²) < 4.78 is 21.3. The molecule has 1 fully saturated rings. The van der Waals surface area contributed by atoms with Gasteiger partial charge in [0, 0.05) is 38.8 Å². The van der Waals surface area contributed by atoms with E-state index >= 15 is 0 Å². The summed E-state index contributed by atoms with van der Waals surface area (Å²) in [5.41, 5.74) is 1.92. The first-order valence-electron chi connectivity index (χ1n) is 11.2. The van der Waals surface area contributed by atoms with Gasteiger partial charge in [-0.3, -0.25) is 9.69 Å². The maximum atomic E-state index is 12.8. The fourth-order valence-electron chi connectivity index (χ4n) is 3.85. The number of hydrogen-bond acceptors (Lipinski definition) is 7. The van der Waals surface area contributed by atoms with Gasteiger partial charge >= 0.3 is 5.97 Å². The van der Waals surface area contributed by atoms with Crippen molar-refractivity contribution in [2.75, 3.05) is 47.5 Å². The van der Waals surface area contributed by atoms with Gasteiger partial charge in [0.2, 0.25) is 5.75 Å². The van der Waals surface area contributed by atoms with Crippen LogP contribution in [0.25, 0.3) is 6.08 Å². The molecule has 1 aliphatic heterocycles. The Hall–Kier alpha value is -3.52. The maximum absolute atomic E-state index is 12.8. The highest BCUT2D eigenvalue weighted by atomic mass is 16.5. The average molecular weight is 469 g/mol. The van der Waals surface area contributed by atoms with Crippen molar-refractivity contribution in [3.63, 3.8) is 0 Å². The van der Waals surface area contributed by atoms with Crippen molar-refractivity contribution < 1.29 is 28.5 Å². The molecule has 0 radical (unpaired) electrons. The van der Waals surface area contributed by atoms with Gasteiger partial charge in [-0.05, 0) is 36.3 Å². The summed E-state index contributed by atoms with van der Waals surface area (Å²) in [7, 11) is 4.57. The fraction of sp³-hybridized carbons (Fsp3) is 0.385. The van der Waals surface area contributed by atoms with Crippen LogP contribution in [0, 0.1) is 0 Å². The van der Waals surface area contributed by atoms with Gasteiger partial charge in [-0.2, -0.15) is 0 Å². The molecule has 1 aliphatic rings. The highest BCUT2D eigenvalue weighted by molar-refractivity contribution is 5.90. The minimum atomic E-state index is -0.863. The lowest BCUT2D eigenvalue weighted by Gasteiger charge is -2.35. The molecule has 0 aliphatic carbocycles. The molecule has 8 nitrogen and oxygen atoms in total. The molecule has 2 aromatic carbocycles. The maximum Gasteiger partial charge on any atom is 0.331 e. The zero-order chi connectivity index (χ0) is 24.5. The zero-order valence-electron chi connectivity index (χ0n) is 20.2. The third-order valence-corrected chi connectivity index (χ3v) is 5.67. The van der Waals surface area contributed by atoms with E-state index in [1.807, 2.05) is 18.2 Å².